The molecule has 1 saturated heterocycles. The van der Waals surface area contributed by atoms with Gasteiger partial charge in [0.15, 0.2) is 0 Å². The van der Waals surface area contributed by atoms with Crippen LogP contribution in [0.2, 0.25) is 0 Å². The van der Waals surface area contributed by atoms with E-state index in [9.17, 15) is 0 Å². The Morgan fingerprint density at radius 3 is 2.82 bits per heavy atom. The van der Waals surface area contributed by atoms with Crippen LogP contribution >= 0.6 is 0 Å². The van der Waals surface area contributed by atoms with Gasteiger partial charge < -0.3 is 10.1 Å². The molecule has 0 aliphatic carbocycles. The monoisotopic (exact) mass is 157 g/mol. The minimum atomic E-state index is 0.486. The average molecular weight is 157 g/mol. The van der Waals surface area contributed by atoms with Crippen molar-refractivity contribution in [1.82, 2.24) is 5.32 Å². The van der Waals surface area contributed by atoms with E-state index in [0.29, 0.717) is 12.1 Å². The molecule has 66 valence electrons. The molecule has 0 saturated carbocycles. The lowest BCUT2D eigenvalue weighted by Crippen LogP contribution is -2.38. The fourth-order valence-corrected chi connectivity index (χ4v) is 1.72. The first-order chi connectivity index (χ1) is 5.38. The summed E-state index contributed by atoms with van der Waals surface area (Å²) in [6.45, 7) is 6.39. The van der Waals surface area contributed by atoms with E-state index in [0.717, 1.165) is 13.2 Å². The van der Waals surface area contributed by atoms with Crippen molar-refractivity contribution >= 4 is 0 Å². The summed E-state index contributed by atoms with van der Waals surface area (Å²) in [6, 6.07) is 0.586. The summed E-state index contributed by atoms with van der Waals surface area (Å²) in [7, 11) is 0. The standard InChI is InChI=1S/C9H19NO/c1-3-8(10-4-2)9-6-5-7-11-9/h8-10H,3-7H2,1-2H3. The predicted octanol–water partition coefficient (Wildman–Crippen LogP) is 1.55. The highest BCUT2D eigenvalue weighted by atomic mass is 16.5. The van der Waals surface area contributed by atoms with Crippen LogP contribution in [0.15, 0.2) is 0 Å². The molecule has 1 fully saturated rings. The van der Waals surface area contributed by atoms with Crippen LogP contribution in [0.5, 0.6) is 0 Å². The van der Waals surface area contributed by atoms with E-state index in [-0.39, 0.29) is 0 Å². The lowest BCUT2D eigenvalue weighted by molar-refractivity contribution is 0.0777. The summed E-state index contributed by atoms with van der Waals surface area (Å²) in [6.07, 6.45) is 4.15. The van der Waals surface area contributed by atoms with Gasteiger partial charge in [-0.2, -0.15) is 0 Å². The zero-order valence-corrected chi connectivity index (χ0v) is 7.60. The van der Waals surface area contributed by atoms with Crippen LogP contribution in [0.1, 0.15) is 33.1 Å². The fraction of sp³-hybridized carbons (Fsp3) is 1.00. The number of hydrogen-bond acceptors (Lipinski definition) is 2. The van der Waals surface area contributed by atoms with Gasteiger partial charge in [-0.3, -0.25) is 0 Å². The van der Waals surface area contributed by atoms with Gasteiger partial charge in [-0.25, -0.2) is 0 Å². The van der Waals surface area contributed by atoms with Crippen LogP contribution in [0.25, 0.3) is 0 Å². The van der Waals surface area contributed by atoms with Crippen LogP contribution in [0, 0.1) is 0 Å². The molecule has 2 heteroatoms. The van der Waals surface area contributed by atoms with E-state index in [1.54, 1.807) is 0 Å². The van der Waals surface area contributed by atoms with Crippen LogP contribution in [0.4, 0.5) is 0 Å². The normalized spacial score (nSPS) is 27.3. The molecule has 0 aromatic rings. The van der Waals surface area contributed by atoms with E-state index < -0.39 is 0 Å². The Morgan fingerprint density at radius 2 is 2.36 bits per heavy atom. The van der Waals surface area contributed by atoms with Gasteiger partial charge in [0, 0.05) is 12.6 Å². The molecule has 0 radical (unpaired) electrons. The molecule has 0 bridgehead atoms. The Balaban J connectivity index is 2.27. The topological polar surface area (TPSA) is 21.3 Å². The molecule has 1 rings (SSSR count). The molecule has 1 aliphatic heterocycles. The first kappa shape index (κ1) is 9.01. The largest absolute Gasteiger partial charge is 0.377 e. The Labute approximate surface area is 69.3 Å². The molecule has 2 unspecified atom stereocenters. The van der Waals surface area contributed by atoms with Gasteiger partial charge in [0.1, 0.15) is 0 Å². The third-order valence-corrected chi connectivity index (χ3v) is 2.32. The van der Waals surface area contributed by atoms with E-state index in [1.165, 1.54) is 19.3 Å². The van der Waals surface area contributed by atoms with E-state index in [1.807, 2.05) is 0 Å². The van der Waals surface area contributed by atoms with Crippen molar-refractivity contribution in [2.24, 2.45) is 0 Å². The van der Waals surface area contributed by atoms with E-state index in [2.05, 4.69) is 19.2 Å². The first-order valence-corrected chi connectivity index (χ1v) is 4.73. The lowest BCUT2D eigenvalue weighted by atomic mass is 10.1. The second-order valence-corrected chi connectivity index (χ2v) is 3.12. The van der Waals surface area contributed by atoms with Crippen molar-refractivity contribution in [3.05, 3.63) is 0 Å². The molecule has 0 aromatic heterocycles. The molecule has 1 aliphatic rings. The van der Waals surface area contributed by atoms with E-state index >= 15 is 0 Å². The van der Waals surface area contributed by atoms with Crippen molar-refractivity contribution in [2.75, 3.05) is 13.2 Å². The Bertz CT molecular complexity index is 99.7. The lowest BCUT2D eigenvalue weighted by Gasteiger charge is -2.21. The maximum atomic E-state index is 5.60. The minimum Gasteiger partial charge on any atom is -0.377 e. The zero-order chi connectivity index (χ0) is 8.10. The van der Waals surface area contributed by atoms with Gasteiger partial charge in [0.2, 0.25) is 0 Å². The maximum absolute atomic E-state index is 5.60. The predicted molar refractivity (Wildman–Crippen MR) is 46.7 cm³/mol. The molecule has 1 N–H and O–H groups in total. The van der Waals surface area contributed by atoms with Gasteiger partial charge in [-0.05, 0) is 25.8 Å². The molecule has 0 spiro atoms. The van der Waals surface area contributed by atoms with Gasteiger partial charge in [-0.1, -0.05) is 13.8 Å². The SMILES string of the molecule is CCNC(CC)C1CCCO1. The van der Waals surface area contributed by atoms with Crippen molar-refractivity contribution in [2.45, 2.75) is 45.3 Å². The fourth-order valence-electron chi connectivity index (χ4n) is 1.72. The first-order valence-electron chi connectivity index (χ1n) is 4.73. The number of likely N-dealkylation sites (N-methyl/N-ethyl adjacent to an activating group) is 1. The molecule has 11 heavy (non-hydrogen) atoms. The van der Waals surface area contributed by atoms with Crippen molar-refractivity contribution < 1.29 is 4.74 Å². The quantitative estimate of drug-likeness (QED) is 0.668. The van der Waals surface area contributed by atoms with E-state index in [4.69, 9.17) is 4.74 Å². The summed E-state index contributed by atoms with van der Waals surface area (Å²) in [4.78, 5) is 0. The van der Waals surface area contributed by atoms with Crippen LogP contribution in [-0.2, 0) is 4.74 Å². The highest BCUT2D eigenvalue weighted by Crippen LogP contribution is 2.17. The Hall–Kier alpha value is -0.0800. The second kappa shape index (κ2) is 4.73. The molecule has 2 nitrogen and oxygen atoms in total. The summed E-state index contributed by atoms with van der Waals surface area (Å²) in [5.74, 6) is 0. The van der Waals surface area contributed by atoms with Crippen LogP contribution in [-0.4, -0.2) is 25.3 Å². The second-order valence-electron chi connectivity index (χ2n) is 3.12. The zero-order valence-electron chi connectivity index (χ0n) is 7.60. The summed E-state index contributed by atoms with van der Waals surface area (Å²) >= 11 is 0. The van der Waals surface area contributed by atoms with Gasteiger partial charge >= 0.3 is 0 Å². The molecular formula is C9H19NO. The van der Waals surface area contributed by atoms with Gasteiger partial charge in [0.05, 0.1) is 6.10 Å². The number of rotatable bonds is 4. The molecular weight excluding hydrogens is 138 g/mol. The number of ether oxygens (including phenoxy) is 1. The maximum Gasteiger partial charge on any atom is 0.0728 e. The Kier molecular flexibility index (Phi) is 3.87. The third kappa shape index (κ3) is 2.46. The van der Waals surface area contributed by atoms with Crippen molar-refractivity contribution in [3.63, 3.8) is 0 Å². The van der Waals surface area contributed by atoms with Gasteiger partial charge in [0.25, 0.3) is 0 Å². The van der Waals surface area contributed by atoms with Crippen molar-refractivity contribution in [3.8, 4) is 0 Å². The Morgan fingerprint density at radius 1 is 1.55 bits per heavy atom. The number of nitrogens with one attached hydrogen (secondary N) is 1. The summed E-state index contributed by atoms with van der Waals surface area (Å²) in [5.41, 5.74) is 0. The average Bonchev–Trinajstić information content (AvgIpc) is 2.52. The smallest absolute Gasteiger partial charge is 0.0728 e. The van der Waals surface area contributed by atoms with Gasteiger partial charge in [-0.15, -0.1) is 0 Å². The molecule has 1 heterocycles. The summed E-state index contributed by atoms with van der Waals surface area (Å²) in [5, 5.41) is 3.45. The van der Waals surface area contributed by atoms with Crippen LogP contribution in [0.3, 0.4) is 0 Å². The van der Waals surface area contributed by atoms with Crippen LogP contribution < -0.4 is 5.32 Å². The molecule has 0 aromatic carbocycles. The third-order valence-electron chi connectivity index (χ3n) is 2.32. The highest BCUT2D eigenvalue weighted by molar-refractivity contribution is 4.78. The highest BCUT2D eigenvalue weighted by Gasteiger charge is 2.23. The molecule has 0 amide bonds. The summed E-state index contributed by atoms with van der Waals surface area (Å²) < 4.78 is 5.60. The number of hydrogen-bond donors (Lipinski definition) is 1. The van der Waals surface area contributed by atoms with Crippen molar-refractivity contribution in [1.29, 1.82) is 0 Å². The minimum absolute atomic E-state index is 0.486. The molecule has 2 atom stereocenters.